The first-order valence-corrected chi connectivity index (χ1v) is 18.8. The summed E-state index contributed by atoms with van der Waals surface area (Å²) in [6.45, 7) is 3.72. The van der Waals surface area contributed by atoms with Crippen LogP contribution in [-0.2, 0) is 16.3 Å². The van der Waals surface area contributed by atoms with Gasteiger partial charge < -0.3 is 14.7 Å². The maximum Gasteiger partial charge on any atom is 0.319 e. The summed E-state index contributed by atoms with van der Waals surface area (Å²) in [6.07, 6.45) is 3.07. The minimum Gasteiger partial charge on any atom is -0.508 e. The van der Waals surface area contributed by atoms with Crippen molar-refractivity contribution >= 4 is 37.3 Å². The Morgan fingerprint density at radius 1 is 1.04 bits per heavy atom. The topological polar surface area (TPSA) is 95.9 Å². The molecule has 260 valence electrons. The second-order valence-corrected chi connectivity index (χ2v) is 16.7. The molecular weight excluding hydrogens is 660 g/mol. The molecule has 8 rings (SSSR count). The first kappa shape index (κ1) is 32.5. The Balaban J connectivity index is 1.29. The number of sulfone groups is 1. The van der Waals surface area contributed by atoms with Crippen LogP contribution in [0.15, 0.2) is 30.3 Å². The molecule has 5 heterocycles. The van der Waals surface area contributed by atoms with Crippen LogP contribution in [0.1, 0.15) is 51.0 Å². The number of piperidine rings is 1. The molecule has 4 fully saturated rings. The number of rotatable bonds is 6. The average molecular weight is 699 g/mol. The van der Waals surface area contributed by atoms with Gasteiger partial charge in [0.25, 0.3) is 0 Å². The number of phenols is 1. The number of benzene rings is 3. The molecule has 4 saturated heterocycles. The van der Waals surface area contributed by atoms with Crippen LogP contribution < -0.4 is 9.64 Å². The molecule has 0 bridgehead atoms. The maximum atomic E-state index is 17.0. The van der Waals surface area contributed by atoms with E-state index in [4.69, 9.17) is 9.72 Å². The van der Waals surface area contributed by atoms with E-state index in [9.17, 15) is 17.9 Å². The summed E-state index contributed by atoms with van der Waals surface area (Å²) in [5.74, 6) is -2.38. The molecule has 0 unspecified atom stereocenters. The number of nitrogens with zero attached hydrogens (tertiary/aromatic N) is 4. The molecule has 4 aliphatic heterocycles. The Hall–Kier alpha value is -3.71. The number of hydrogen-bond acceptors (Lipinski definition) is 8. The second kappa shape index (κ2) is 11.7. The van der Waals surface area contributed by atoms with Gasteiger partial charge in [0.2, 0.25) is 0 Å². The number of alkyl halides is 1. The van der Waals surface area contributed by atoms with Gasteiger partial charge in [-0.3, -0.25) is 4.90 Å². The van der Waals surface area contributed by atoms with E-state index in [1.807, 2.05) is 4.90 Å². The highest BCUT2D eigenvalue weighted by molar-refractivity contribution is 7.91. The van der Waals surface area contributed by atoms with Gasteiger partial charge in [-0.1, -0.05) is 13.0 Å². The fraction of sp³-hybridized carbons (Fsp3) is 0.500. The quantitative estimate of drug-likeness (QED) is 0.228. The van der Waals surface area contributed by atoms with Crippen LogP contribution in [0.4, 0.5) is 23.4 Å². The Bertz CT molecular complexity index is 2120. The SMILES string of the molecule is CCc1c(F)ccc2cc(O)cc(-c3c(F)cc4c(N5CCC[C@]6(CCS(=O)(=O)C6)C5)nc(OC[C@@]56CCCN5C[C@H](F)C6)nc4c3F)c12. The van der Waals surface area contributed by atoms with Crippen LogP contribution in [0.5, 0.6) is 11.8 Å². The number of phenolic OH excluding ortho intramolecular Hbond substituents is 1. The molecule has 1 spiro atoms. The van der Waals surface area contributed by atoms with E-state index in [1.54, 1.807) is 6.92 Å². The number of anilines is 1. The third-order valence-electron chi connectivity index (χ3n) is 11.3. The van der Waals surface area contributed by atoms with Crippen LogP contribution in [0, 0.1) is 22.9 Å². The highest BCUT2D eigenvalue weighted by atomic mass is 32.2. The van der Waals surface area contributed by atoms with Crippen molar-refractivity contribution < 1.29 is 35.8 Å². The van der Waals surface area contributed by atoms with Crippen molar-refractivity contribution in [1.29, 1.82) is 0 Å². The number of halogens is 4. The summed E-state index contributed by atoms with van der Waals surface area (Å²) in [5, 5.41) is 11.4. The van der Waals surface area contributed by atoms with Gasteiger partial charge in [0.05, 0.1) is 22.6 Å². The van der Waals surface area contributed by atoms with Crippen molar-refractivity contribution in [2.24, 2.45) is 5.41 Å². The van der Waals surface area contributed by atoms with E-state index in [1.165, 1.54) is 24.3 Å². The van der Waals surface area contributed by atoms with E-state index >= 15 is 13.2 Å². The summed E-state index contributed by atoms with van der Waals surface area (Å²) in [7, 11) is -3.21. The molecule has 3 atom stereocenters. The number of ether oxygens (including phenoxy) is 1. The lowest BCUT2D eigenvalue weighted by Gasteiger charge is -2.40. The van der Waals surface area contributed by atoms with Gasteiger partial charge in [-0.2, -0.15) is 9.97 Å². The van der Waals surface area contributed by atoms with E-state index in [0.717, 1.165) is 25.5 Å². The first-order valence-electron chi connectivity index (χ1n) is 17.0. The van der Waals surface area contributed by atoms with E-state index in [-0.39, 0.29) is 69.5 Å². The van der Waals surface area contributed by atoms with Crippen LogP contribution in [0.2, 0.25) is 0 Å². The summed E-state index contributed by atoms with van der Waals surface area (Å²) in [5.41, 5.74) is -1.49. The molecule has 0 aliphatic carbocycles. The third-order valence-corrected chi connectivity index (χ3v) is 13.2. The fourth-order valence-electron chi connectivity index (χ4n) is 9.10. The third kappa shape index (κ3) is 5.47. The highest BCUT2D eigenvalue weighted by Crippen LogP contribution is 2.46. The van der Waals surface area contributed by atoms with Crippen LogP contribution in [-0.4, -0.2) is 84.4 Å². The fourth-order valence-corrected chi connectivity index (χ4v) is 11.3. The Morgan fingerprint density at radius 3 is 2.63 bits per heavy atom. The van der Waals surface area contributed by atoms with Crippen molar-refractivity contribution in [1.82, 2.24) is 14.9 Å². The molecule has 1 aromatic heterocycles. The van der Waals surface area contributed by atoms with Crippen molar-refractivity contribution in [3.05, 3.63) is 53.3 Å². The molecule has 13 heteroatoms. The molecule has 3 aromatic carbocycles. The molecule has 0 radical (unpaired) electrons. The van der Waals surface area contributed by atoms with Crippen molar-refractivity contribution in [3.8, 4) is 22.9 Å². The van der Waals surface area contributed by atoms with Crippen LogP contribution >= 0.6 is 0 Å². The highest BCUT2D eigenvalue weighted by Gasteiger charge is 2.50. The lowest BCUT2D eigenvalue weighted by molar-refractivity contribution is 0.107. The van der Waals surface area contributed by atoms with Gasteiger partial charge in [-0.25, -0.2) is 26.0 Å². The average Bonchev–Trinajstić information content (AvgIpc) is 3.68. The number of aromatic hydroxyl groups is 1. The number of fused-ring (bicyclic) bond motifs is 3. The van der Waals surface area contributed by atoms with E-state index < -0.39 is 50.0 Å². The summed E-state index contributed by atoms with van der Waals surface area (Å²) >= 11 is 0. The molecule has 8 nitrogen and oxygen atoms in total. The van der Waals surface area contributed by atoms with Crippen molar-refractivity contribution in [3.63, 3.8) is 0 Å². The lowest BCUT2D eigenvalue weighted by Crippen LogP contribution is -2.45. The number of hydrogen-bond donors (Lipinski definition) is 1. The molecule has 0 amide bonds. The first-order chi connectivity index (χ1) is 23.4. The Kier molecular flexibility index (Phi) is 7.75. The minimum atomic E-state index is -3.21. The predicted molar refractivity (Wildman–Crippen MR) is 179 cm³/mol. The van der Waals surface area contributed by atoms with Crippen LogP contribution in [0.25, 0.3) is 32.8 Å². The Labute approximate surface area is 282 Å². The molecule has 49 heavy (non-hydrogen) atoms. The van der Waals surface area contributed by atoms with Crippen molar-refractivity contribution in [2.45, 2.75) is 63.6 Å². The number of aryl methyl sites for hydroxylation is 1. The molecule has 4 aliphatic rings. The smallest absolute Gasteiger partial charge is 0.319 e. The zero-order chi connectivity index (χ0) is 34.3. The molecule has 0 saturated carbocycles. The summed E-state index contributed by atoms with van der Waals surface area (Å²) < 4.78 is 94.3. The lowest BCUT2D eigenvalue weighted by atomic mass is 9.79. The standard InChI is InChI=1S/C36H38F4N4O4S/c1-2-24-27(38)6-5-21-13-23(45)14-25(29(21)24)30-28(39)15-26-32(31(30)40)41-34(48-19-36-8-4-11-44(36)17-22(37)16-36)42-33(26)43-10-3-7-35(18-43)9-12-49(46,47)20-35/h5-6,13-15,22,45H,2-4,7-12,16-20H2,1H3/t22-,35+,36+/m1/s1. The van der Waals surface area contributed by atoms with Gasteiger partial charge >= 0.3 is 6.01 Å². The summed E-state index contributed by atoms with van der Waals surface area (Å²) in [6, 6.07) is 6.38. The molecule has 4 aromatic rings. The van der Waals surface area contributed by atoms with Gasteiger partial charge in [-0.15, -0.1) is 0 Å². The zero-order valence-electron chi connectivity index (χ0n) is 27.2. The van der Waals surface area contributed by atoms with E-state index in [0.29, 0.717) is 50.7 Å². The zero-order valence-corrected chi connectivity index (χ0v) is 28.1. The monoisotopic (exact) mass is 698 g/mol. The Morgan fingerprint density at radius 2 is 1.86 bits per heavy atom. The minimum absolute atomic E-state index is 0.0144. The van der Waals surface area contributed by atoms with Crippen molar-refractivity contribution in [2.75, 3.05) is 49.2 Å². The van der Waals surface area contributed by atoms with Crippen LogP contribution in [0.3, 0.4) is 0 Å². The van der Waals surface area contributed by atoms with E-state index in [2.05, 4.69) is 9.88 Å². The number of aromatic nitrogens is 2. The normalized spacial score (nSPS) is 26.7. The molecular formula is C36H38F4N4O4S. The van der Waals surface area contributed by atoms with Gasteiger partial charge in [0, 0.05) is 36.9 Å². The second-order valence-electron chi connectivity index (χ2n) is 14.5. The summed E-state index contributed by atoms with van der Waals surface area (Å²) in [4.78, 5) is 13.1. The van der Waals surface area contributed by atoms with Gasteiger partial charge in [-0.05, 0) is 91.2 Å². The largest absolute Gasteiger partial charge is 0.508 e. The maximum absolute atomic E-state index is 17.0. The molecule has 1 N–H and O–H groups in total. The predicted octanol–water partition coefficient (Wildman–Crippen LogP) is 6.50. The van der Waals surface area contributed by atoms with Gasteiger partial charge in [0.15, 0.2) is 15.7 Å². The van der Waals surface area contributed by atoms with Gasteiger partial charge in [0.1, 0.15) is 41.5 Å².